The highest BCUT2D eigenvalue weighted by molar-refractivity contribution is 5.81. The maximum absolute atomic E-state index is 12.9. The molecule has 3 N–H and O–H groups in total. The molecule has 1 aliphatic heterocycles. The summed E-state index contributed by atoms with van der Waals surface area (Å²) in [5, 5.41) is 3.19. The Morgan fingerprint density at radius 1 is 1.11 bits per heavy atom. The van der Waals surface area contributed by atoms with Gasteiger partial charge in [-0.25, -0.2) is 0 Å². The van der Waals surface area contributed by atoms with Gasteiger partial charge in [0.25, 0.3) is 0 Å². The summed E-state index contributed by atoms with van der Waals surface area (Å²) in [6, 6.07) is 18.6. The zero-order chi connectivity index (χ0) is 19.4. The largest absolute Gasteiger partial charge is 0.348 e. The molecule has 0 spiro atoms. The van der Waals surface area contributed by atoms with Crippen molar-refractivity contribution in [2.75, 3.05) is 19.6 Å². The van der Waals surface area contributed by atoms with E-state index in [4.69, 9.17) is 5.73 Å². The van der Waals surface area contributed by atoms with Crippen LogP contribution in [0.1, 0.15) is 42.5 Å². The monoisotopic (exact) mass is 365 g/mol. The molecule has 1 fully saturated rings. The highest BCUT2D eigenvalue weighted by Crippen LogP contribution is 2.33. The van der Waals surface area contributed by atoms with Crippen molar-refractivity contribution < 1.29 is 4.79 Å². The highest BCUT2D eigenvalue weighted by Gasteiger charge is 2.37. The van der Waals surface area contributed by atoms with Gasteiger partial charge < -0.3 is 11.1 Å². The van der Waals surface area contributed by atoms with Crippen molar-refractivity contribution in [2.24, 2.45) is 11.7 Å². The molecule has 0 bridgehead atoms. The summed E-state index contributed by atoms with van der Waals surface area (Å²) >= 11 is 0. The Balaban J connectivity index is 1.66. The standard InChI is InChI=1S/C23H31N3O/c1-16-9-7-8-12-21(16)17(2)25-23(27)18(3)26-14-20(13-24)22(15-26)19-10-5-4-6-11-19/h4-12,17-18,20,22H,13-15,24H2,1-3H3,(H,25,27)/t17?,18?,20-,22+/m1/s1. The first kappa shape index (κ1) is 19.6. The van der Waals surface area contributed by atoms with Gasteiger partial charge in [-0.15, -0.1) is 0 Å². The molecule has 4 atom stereocenters. The van der Waals surface area contributed by atoms with Gasteiger partial charge in [0.15, 0.2) is 0 Å². The molecule has 0 saturated carbocycles. The Morgan fingerprint density at radius 3 is 2.44 bits per heavy atom. The number of amides is 1. The number of carbonyl (C=O) groups excluding carboxylic acids is 1. The van der Waals surface area contributed by atoms with Crippen LogP contribution in [0.5, 0.6) is 0 Å². The van der Waals surface area contributed by atoms with Gasteiger partial charge in [-0.2, -0.15) is 0 Å². The maximum atomic E-state index is 12.9. The van der Waals surface area contributed by atoms with Gasteiger partial charge in [0, 0.05) is 19.0 Å². The third-order valence-electron chi connectivity index (χ3n) is 5.94. The normalized spacial score (nSPS) is 22.4. The van der Waals surface area contributed by atoms with E-state index < -0.39 is 0 Å². The summed E-state index contributed by atoms with van der Waals surface area (Å²) in [5.41, 5.74) is 9.73. The first-order valence-corrected chi connectivity index (χ1v) is 9.86. The van der Waals surface area contributed by atoms with Crippen LogP contribution in [0.2, 0.25) is 0 Å². The molecule has 4 nitrogen and oxygen atoms in total. The lowest BCUT2D eigenvalue weighted by molar-refractivity contribution is -0.126. The molecule has 0 aliphatic carbocycles. The number of nitrogens with two attached hydrogens (primary N) is 1. The van der Waals surface area contributed by atoms with Crippen LogP contribution in [-0.4, -0.2) is 36.5 Å². The zero-order valence-corrected chi connectivity index (χ0v) is 16.6. The predicted octanol–water partition coefficient (Wildman–Crippen LogP) is 3.24. The van der Waals surface area contributed by atoms with Crippen molar-refractivity contribution >= 4 is 5.91 Å². The van der Waals surface area contributed by atoms with Crippen molar-refractivity contribution in [1.82, 2.24) is 10.2 Å². The Morgan fingerprint density at radius 2 is 1.78 bits per heavy atom. The summed E-state index contributed by atoms with van der Waals surface area (Å²) in [6.45, 7) is 8.51. The minimum Gasteiger partial charge on any atom is -0.348 e. The van der Waals surface area contributed by atoms with Crippen LogP contribution in [0.4, 0.5) is 0 Å². The molecule has 1 aliphatic rings. The van der Waals surface area contributed by atoms with Crippen LogP contribution in [-0.2, 0) is 4.79 Å². The molecular weight excluding hydrogens is 334 g/mol. The zero-order valence-electron chi connectivity index (χ0n) is 16.6. The predicted molar refractivity (Wildman–Crippen MR) is 110 cm³/mol. The molecule has 3 rings (SSSR count). The van der Waals surface area contributed by atoms with Crippen molar-refractivity contribution in [3.63, 3.8) is 0 Å². The van der Waals surface area contributed by atoms with E-state index in [1.807, 2.05) is 32.0 Å². The molecule has 27 heavy (non-hydrogen) atoms. The van der Waals surface area contributed by atoms with Crippen LogP contribution >= 0.6 is 0 Å². The number of rotatable bonds is 6. The third-order valence-corrected chi connectivity index (χ3v) is 5.94. The number of nitrogens with zero attached hydrogens (tertiary/aromatic N) is 1. The number of nitrogens with one attached hydrogen (secondary N) is 1. The Kier molecular flexibility index (Phi) is 6.30. The minimum atomic E-state index is -0.167. The van der Waals surface area contributed by atoms with Crippen molar-refractivity contribution in [3.05, 3.63) is 71.3 Å². The molecule has 2 aromatic carbocycles. The quantitative estimate of drug-likeness (QED) is 0.826. The van der Waals surface area contributed by atoms with E-state index in [1.54, 1.807) is 0 Å². The van der Waals surface area contributed by atoms with Gasteiger partial charge in [-0.1, -0.05) is 54.6 Å². The molecule has 1 amide bonds. The number of likely N-dealkylation sites (tertiary alicyclic amines) is 1. The second kappa shape index (κ2) is 8.68. The van der Waals surface area contributed by atoms with Crippen LogP contribution in [0.15, 0.2) is 54.6 Å². The van der Waals surface area contributed by atoms with Crippen LogP contribution in [0, 0.1) is 12.8 Å². The van der Waals surface area contributed by atoms with Crippen LogP contribution < -0.4 is 11.1 Å². The van der Waals surface area contributed by atoms with Crippen LogP contribution in [0.25, 0.3) is 0 Å². The molecular formula is C23H31N3O. The smallest absolute Gasteiger partial charge is 0.237 e. The van der Waals surface area contributed by atoms with E-state index >= 15 is 0 Å². The second-order valence-electron chi connectivity index (χ2n) is 7.73. The highest BCUT2D eigenvalue weighted by atomic mass is 16.2. The summed E-state index contributed by atoms with van der Waals surface area (Å²) in [5.74, 6) is 0.854. The van der Waals surface area contributed by atoms with Gasteiger partial charge in [-0.05, 0) is 49.9 Å². The SMILES string of the molecule is Cc1ccccc1C(C)NC(=O)C(C)N1C[C@@H](CN)[C@H](c2ccccc2)C1. The number of hydrogen-bond acceptors (Lipinski definition) is 3. The van der Waals surface area contributed by atoms with E-state index in [9.17, 15) is 4.79 Å². The first-order chi connectivity index (χ1) is 13.0. The number of aryl methyl sites for hydroxylation is 1. The Bertz CT molecular complexity index is 761. The number of hydrogen-bond donors (Lipinski definition) is 2. The lowest BCUT2D eigenvalue weighted by Crippen LogP contribution is -2.45. The van der Waals surface area contributed by atoms with Gasteiger partial charge in [-0.3, -0.25) is 9.69 Å². The summed E-state index contributed by atoms with van der Waals surface area (Å²) in [4.78, 5) is 15.2. The molecule has 2 aromatic rings. The van der Waals surface area contributed by atoms with Gasteiger partial charge in [0.05, 0.1) is 12.1 Å². The molecule has 0 aromatic heterocycles. The van der Waals surface area contributed by atoms with Crippen LogP contribution in [0.3, 0.4) is 0 Å². The fraction of sp³-hybridized carbons (Fsp3) is 0.435. The fourth-order valence-electron chi connectivity index (χ4n) is 4.19. The van der Waals surface area contributed by atoms with E-state index in [1.165, 1.54) is 16.7 Å². The topological polar surface area (TPSA) is 58.4 Å². The van der Waals surface area contributed by atoms with Gasteiger partial charge >= 0.3 is 0 Å². The molecule has 1 heterocycles. The average Bonchev–Trinajstić information content (AvgIpc) is 3.12. The fourth-order valence-corrected chi connectivity index (χ4v) is 4.19. The van der Waals surface area contributed by atoms with Gasteiger partial charge in [0.2, 0.25) is 5.91 Å². The average molecular weight is 366 g/mol. The number of carbonyl (C=O) groups is 1. The summed E-state index contributed by atoms with van der Waals surface area (Å²) in [7, 11) is 0. The van der Waals surface area contributed by atoms with E-state index in [2.05, 4.69) is 53.5 Å². The minimum absolute atomic E-state index is 0.000946. The lowest BCUT2D eigenvalue weighted by atomic mass is 9.89. The first-order valence-electron chi connectivity index (χ1n) is 9.86. The van der Waals surface area contributed by atoms with Crippen molar-refractivity contribution in [2.45, 2.75) is 38.8 Å². The van der Waals surface area contributed by atoms with Gasteiger partial charge in [0.1, 0.15) is 0 Å². The number of benzene rings is 2. The maximum Gasteiger partial charge on any atom is 0.237 e. The molecule has 144 valence electrons. The van der Waals surface area contributed by atoms with E-state index in [-0.39, 0.29) is 18.0 Å². The molecule has 2 unspecified atom stereocenters. The third kappa shape index (κ3) is 4.40. The Hall–Kier alpha value is -2.17. The van der Waals surface area contributed by atoms with E-state index in [0.717, 1.165) is 13.1 Å². The van der Waals surface area contributed by atoms with E-state index in [0.29, 0.717) is 18.4 Å². The molecule has 0 radical (unpaired) electrons. The lowest BCUT2D eigenvalue weighted by Gasteiger charge is -2.26. The van der Waals surface area contributed by atoms with Crippen molar-refractivity contribution in [3.8, 4) is 0 Å². The van der Waals surface area contributed by atoms with Crippen molar-refractivity contribution in [1.29, 1.82) is 0 Å². The molecule has 4 heteroatoms. The summed E-state index contributed by atoms with van der Waals surface area (Å²) < 4.78 is 0. The Labute approximate surface area is 162 Å². The second-order valence-corrected chi connectivity index (χ2v) is 7.73. The molecule has 1 saturated heterocycles. The summed E-state index contributed by atoms with van der Waals surface area (Å²) in [6.07, 6.45) is 0.